The summed E-state index contributed by atoms with van der Waals surface area (Å²) in [6, 6.07) is 0.973. The fourth-order valence-electron chi connectivity index (χ4n) is 3.36. The van der Waals surface area contributed by atoms with Crippen LogP contribution in [0.4, 0.5) is 13.2 Å². The number of hydrogen-bond acceptors (Lipinski definition) is 1. The van der Waals surface area contributed by atoms with Gasteiger partial charge in [0.25, 0.3) is 5.56 Å². The smallest absolute Gasteiger partial charge is 0.319 e. The molecule has 0 amide bonds. The molecule has 0 atom stereocenters. The fourth-order valence-corrected chi connectivity index (χ4v) is 3.36. The largest absolute Gasteiger partial charge is 0.421 e. The van der Waals surface area contributed by atoms with Crippen molar-refractivity contribution in [2.24, 2.45) is 17.9 Å². The number of aryl methyl sites for hydroxylation is 1. The van der Waals surface area contributed by atoms with Crippen molar-refractivity contribution in [2.45, 2.75) is 52.5 Å². The van der Waals surface area contributed by atoms with Crippen LogP contribution in [0.1, 0.15) is 46.1 Å². The van der Waals surface area contributed by atoms with Crippen LogP contribution in [-0.4, -0.2) is 11.8 Å². The quantitative estimate of drug-likeness (QED) is 0.768. The Kier molecular flexibility index (Phi) is 4.03. The number of pyridine rings is 1. The molecule has 0 bridgehead atoms. The molecule has 2 nitrogen and oxygen atoms in total. The van der Waals surface area contributed by atoms with Gasteiger partial charge in [-0.3, -0.25) is 4.79 Å². The van der Waals surface area contributed by atoms with Gasteiger partial charge in [0.15, 0.2) is 7.28 Å². The molecule has 121 valence electrons. The van der Waals surface area contributed by atoms with Gasteiger partial charge in [-0.05, 0) is 16.9 Å². The molecule has 6 heteroatoms. The molecule has 0 spiro atoms. The van der Waals surface area contributed by atoms with Crippen LogP contribution in [0.25, 0.3) is 0 Å². The normalized spacial score (nSPS) is 21.1. The average Bonchev–Trinajstić information content (AvgIpc) is 2.50. The fraction of sp³-hybridized carbons (Fsp3) is 0.688. The third-order valence-electron chi connectivity index (χ3n) is 5.32. The van der Waals surface area contributed by atoms with E-state index in [4.69, 9.17) is 0 Å². The van der Waals surface area contributed by atoms with Crippen LogP contribution in [-0.2, 0) is 13.2 Å². The summed E-state index contributed by atoms with van der Waals surface area (Å²) in [7, 11) is 3.24. The number of halogens is 3. The lowest BCUT2D eigenvalue weighted by Crippen LogP contribution is -2.33. The zero-order valence-corrected chi connectivity index (χ0v) is 13.7. The molecule has 0 aromatic carbocycles. The van der Waals surface area contributed by atoms with E-state index in [9.17, 15) is 18.0 Å². The Hall–Kier alpha value is -1.20. The van der Waals surface area contributed by atoms with Crippen molar-refractivity contribution in [2.75, 3.05) is 0 Å². The van der Waals surface area contributed by atoms with Crippen LogP contribution in [0.2, 0.25) is 5.82 Å². The van der Waals surface area contributed by atoms with Gasteiger partial charge in [0.1, 0.15) is 5.56 Å². The molecule has 2 rings (SSSR count). The van der Waals surface area contributed by atoms with E-state index in [1.165, 1.54) is 13.2 Å². The van der Waals surface area contributed by atoms with E-state index in [2.05, 4.69) is 27.7 Å². The minimum absolute atomic E-state index is 0.141. The zero-order valence-electron chi connectivity index (χ0n) is 13.7. The van der Waals surface area contributed by atoms with Gasteiger partial charge < -0.3 is 4.57 Å². The summed E-state index contributed by atoms with van der Waals surface area (Å²) >= 11 is 0. The lowest BCUT2D eigenvalue weighted by Gasteiger charge is -2.34. The van der Waals surface area contributed by atoms with E-state index in [1.807, 2.05) is 7.28 Å². The van der Waals surface area contributed by atoms with Gasteiger partial charge >= 0.3 is 6.18 Å². The number of nitrogens with zero attached hydrogens (tertiary/aromatic N) is 1. The first-order valence-corrected chi connectivity index (χ1v) is 7.46. The molecule has 0 aliphatic heterocycles. The summed E-state index contributed by atoms with van der Waals surface area (Å²) in [5.74, 6) is 0.226. The van der Waals surface area contributed by atoms with Gasteiger partial charge in [0.05, 0.1) is 0 Å². The molecule has 0 saturated heterocycles. The van der Waals surface area contributed by atoms with Crippen molar-refractivity contribution in [3.8, 4) is 0 Å². The Morgan fingerprint density at radius 1 is 1.18 bits per heavy atom. The average molecular weight is 312 g/mol. The van der Waals surface area contributed by atoms with E-state index in [-0.39, 0.29) is 16.6 Å². The van der Waals surface area contributed by atoms with Crippen LogP contribution < -0.4 is 11.0 Å². The minimum atomic E-state index is -4.62. The Morgan fingerprint density at radius 2 is 1.68 bits per heavy atom. The summed E-state index contributed by atoms with van der Waals surface area (Å²) in [5.41, 5.74) is -1.35. The maximum Gasteiger partial charge on any atom is 0.421 e. The summed E-state index contributed by atoms with van der Waals surface area (Å²) in [6.45, 7) is 8.79. The third-order valence-corrected chi connectivity index (χ3v) is 5.32. The van der Waals surface area contributed by atoms with Crippen molar-refractivity contribution >= 4 is 12.7 Å². The van der Waals surface area contributed by atoms with E-state index in [0.717, 1.165) is 23.5 Å². The van der Waals surface area contributed by atoms with Crippen LogP contribution in [0.15, 0.2) is 17.1 Å². The molecular weight excluding hydrogens is 290 g/mol. The first kappa shape index (κ1) is 17.2. The molecule has 1 saturated carbocycles. The van der Waals surface area contributed by atoms with Crippen LogP contribution in [0, 0.1) is 10.8 Å². The van der Waals surface area contributed by atoms with Gasteiger partial charge in [0, 0.05) is 13.2 Å². The second-order valence-electron chi connectivity index (χ2n) is 7.70. The molecule has 1 aliphatic rings. The molecule has 1 fully saturated rings. The predicted molar refractivity (Wildman–Crippen MR) is 82.6 cm³/mol. The number of alkyl halides is 3. The number of rotatable bonds is 2. The Morgan fingerprint density at radius 3 is 2.14 bits per heavy atom. The lowest BCUT2D eigenvalue weighted by molar-refractivity contribution is -0.138. The molecule has 22 heavy (non-hydrogen) atoms. The van der Waals surface area contributed by atoms with Gasteiger partial charge in [-0.15, -0.1) is 0 Å². The Bertz CT molecular complexity index is 615. The predicted octanol–water partition coefficient (Wildman–Crippen LogP) is 3.37. The standard InChI is InChI=1S/C16H22BF3NO/c1-14(2)7-11(8-15(14,3)4)17-10-6-12(16(18,19)20)13(22)21(5)9-10/h6,9,11H,7-8H2,1-5H3. The second kappa shape index (κ2) is 5.17. The molecular formula is C16H22BF3NO. The van der Waals surface area contributed by atoms with E-state index >= 15 is 0 Å². The van der Waals surface area contributed by atoms with Crippen LogP contribution >= 0.6 is 0 Å². The van der Waals surface area contributed by atoms with Crippen molar-refractivity contribution in [1.82, 2.24) is 4.57 Å². The maximum atomic E-state index is 12.9. The van der Waals surface area contributed by atoms with Gasteiger partial charge in [-0.2, -0.15) is 13.2 Å². The maximum absolute atomic E-state index is 12.9. The Balaban J connectivity index is 2.29. The van der Waals surface area contributed by atoms with Gasteiger partial charge in [0.2, 0.25) is 0 Å². The number of hydrogen-bond donors (Lipinski definition) is 0. The summed E-state index contributed by atoms with van der Waals surface area (Å²) in [6.07, 6.45) is -1.27. The molecule has 1 radical (unpaired) electrons. The lowest BCUT2D eigenvalue weighted by atomic mass is 9.58. The number of aromatic nitrogens is 1. The highest BCUT2D eigenvalue weighted by atomic mass is 19.4. The highest BCUT2D eigenvalue weighted by Gasteiger charge is 2.46. The summed E-state index contributed by atoms with van der Waals surface area (Å²) in [4.78, 5) is 11.6. The van der Waals surface area contributed by atoms with Gasteiger partial charge in [-0.1, -0.05) is 51.8 Å². The van der Waals surface area contributed by atoms with Crippen molar-refractivity contribution in [3.63, 3.8) is 0 Å². The van der Waals surface area contributed by atoms with Crippen LogP contribution in [0.3, 0.4) is 0 Å². The van der Waals surface area contributed by atoms with Gasteiger partial charge in [-0.25, -0.2) is 0 Å². The van der Waals surface area contributed by atoms with Crippen molar-refractivity contribution in [1.29, 1.82) is 0 Å². The highest BCUT2D eigenvalue weighted by molar-refractivity contribution is 6.55. The highest BCUT2D eigenvalue weighted by Crippen LogP contribution is 2.56. The molecule has 0 unspecified atom stereocenters. The first-order valence-electron chi connectivity index (χ1n) is 7.46. The summed E-state index contributed by atoms with van der Waals surface area (Å²) < 4.78 is 39.8. The third kappa shape index (κ3) is 3.11. The minimum Gasteiger partial charge on any atom is -0.319 e. The molecule has 1 aromatic rings. The first-order chi connectivity index (χ1) is 9.83. The molecule has 1 aliphatic carbocycles. The Labute approximate surface area is 130 Å². The molecule has 0 N–H and O–H groups in total. The second-order valence-corrected chi connectivity index (χ2v) is 7.70. The molecule has 1 aromatic heterocycles. The zero-order chi connectivity index (χ0) is 16.9. The van der Waals surface area contributed by atoms with E-state index in [1.54, 1.807) is 0 Å². The summed E-state index contributed by atoms with van der Waals surface area (Å²) in [5, 5.41) is 0. The topological polar surface area (TPSA) is 22.0 Å². The SMILES string of the molecule is Cn1cc([B]C2CC(C)(C)C(C)(C)C2)cc(C(F)(F)F)c1=O. The van der Waals surface area contributed by atoms with Crippen LogP contribution in [0.5, 0.6) is 0 Å². The van der Waals surface area contributed by atoms with Crippen molar-refractivity contribution < 1.29 is 13.2 Å². The van der Waals surface area contributed by atoms with E-state index < -0.39 is 17.3 Å². The monoisotopic (exact) mass is 312 g/mol. The molecule has 1 heterocycles. The van der Waals surface area contributed by atoms with Crippen molar-refractivity contribution in [3.05, 3.63) is 28.2 Å². The van der Waals surface area contributed by atoms with E-state index in [0.29, 0.717) is 5.46 Å².